The van der Waals surface area contributed by atoms with Crippen LogP contribution in [0.25, 0.3) is 20.8 Å². The number of hydrogen-bond acceptors (Lipinski definition) is 10. The van der Waals surface area contributed by atoms with Crippen molar-refractivity contribution in [2.24, 2.45) is 5.92 Å². The highest BCUT2D eigenvalue weighted by molar-refractivity contribution is 7.21. The van der Waals surface area contributed by atoms with E-state index in [1.165, 1.54) is 11.3 Å². The number of thiazole rings is 1. The zero-order valence-electron chi connectivity index (χ0n) is 19.5. The maximum atomic E-state index is 13.4. The largest absolute Gasteiger partial charge is 0.390 e. The van der Waals surface area contributed by atoms with Crippen LogP contribution in [-0.4, -0.2) is 64.6 Å². The molecule has 0 aliphatic heterocycles. The number of halogens is 2. The number of pyridine rings is 1. The SMILES string of the molecule is Cc1nc(NC2CC(F)(F)C2)nc(NC2(O)CCC3C(O)C32O)c1-c1nc2c(C3CC3)nccc2s1. The van der Waals surface area contributed by atoms with Crippen LogP contribution >= 0.6 is 11.3 Å². The van der Waals surface area contributed by atoms with E-state index in [9.17, 15) is 24.1 Å². The predicted molar refractivity (Wildman–Crippen MR) is 129 cm³/mol. The Morgan fingerprint density at radius 1 is 1.11 bits per heavy atom. The molecular formula is C24H26F2N6O3S. The fourth-order valence-corrected chi connectivity index (χ4v) is 6.91. The van der Waals surface area contributed by atoms with Gasteiger partial charge >= 0.3 is 0 Å². The molecule has 5 N–H and O–H groups in total. The molecule has 9 nitrogen and oxygen atoms in total. The Morgan fingerprint density at radius 2 is 1.89 bits per heavy atom. The Balaban J connectivity index is 1.31. The molecule has 4 saturated carbocycles. The number of anilines is 2. The summed E-state index contributed by atoms with van der Waals surface area (Å²) in [6.45, 7) is 1.77. The van der Waals surface area contributed by atoms with Gasteiger partial charge in [-0.15, -0.1) is 11.3 Å². The molecule has 0 radical (unpaired) electrons. The van der Waals surface area contributed by atoms with Crippen molar-refractivity contribution in [3.05, 3.63) is 23.7 Å². The molecule has 3 aromatic heterocycles. The van der Waals surface area contributed by atoms with Crippen LogP contribution in [0.1, 0.15) is 55.8 Å². The van der Waals surface area contributed by atoms with Crippen LogP contribution in [0.5, 0.6) is 0 Å². The van der Waals surface area contributed by atoms with E-state index in [-0.39, 0.29) is 31.0 Å². The van der Waals surface area contributed by atoms with Crippen LogP contribution in [-0.2, 0) is 0 Å². The maximum Gasteiger partial charge on any atom is 0.252 e. The van der Waals surface area contributed by atoms with Crippen molar-refractivity contribution in [2.75, 3.05) is 10.6 Å². The third-order valence-corrected chi connectivity index (χ3v) is 9.16. The van der Waals surface area contributed by atoms with Crippen molar-refractivity contribution >= 4 is 33.3 Å². The van der Waals surface area contributed by atoms with Gasteiger partial charge in [-0.2, -0.15) is 4.98 Å². The lowest BCUT2D eigenvalue weighted by molar-refractivity contribution is -0.0851. The summed E-state index contributed by atoms with van der Waals surface area (Å²) in [6, 6.07) is 1.46. The average Bonchev–Trinajstić information content (AvgIpc) is 3.63. The topological polar surface area (TPSA) is 136 Å². The van der Waals surface area contributed by atoms with Crippen LogP contribution in [0.4, 0.5) is 20.5 Å². The number of rotatable bonds is 6. The molecular weight excluding hydrogens is 490 g/mol. The van der Waals surface area contributed by atoms with Crippen molar-refractivity contribution in [3.8, 4) is 10.6 Å². The Hall–Kier alpha value is -2.54. The van der Waals surface area contributed by atoms with E-state index < -0.39 is 35.3 Å². The van der Waals surface area contributed by atoms with Crippen molar-refractivity contribution < 1.29 is 24.1 Å². The fraction of sp³-hybridized carbons (Fsp3) is 0.583. The standard InChI is InChI=1S/C24H26F2N6O3S/c1-10-15(20-30-17-14(36-20)5-7-27-16(17)11-2-3-11)19(31-21(28-10)29-12-8-22(25,26)9-12)32-23(34)6-4-13-18(33)24(13,23)35/h5,7,11-13,18,33-35H,2-4,6,8-9H2,1H3,(H2,28,29,31,32). The average molecular weight is 517 g/mol. The van der Waals surface area contributed by atoms with E-state index in [2.05, 4.69) is 25.6 Å². The van der Waals surface area contributed by atoms with E-state index in [1.807, 2.05) is 6.07 Å². The zero-order valence-corrected chi connectivity index (χ0v) is 20.3. The first-order chi connectivity index (χ1) is 17.1. The minimum absolute atomic E-state index is 0.155. The Bertz CT molecular complexity index is 1390. The molecule has 4 aliphatic carbocycles. The first kappa shape index (κ1) is 22.6. The third kappa shape index (κ3) is 3.27. The van der Waals surface area contributed by atoms with Gasteiger partial charge in [0.25, 0.3) is 5.92 Å². The smallest absolute Gasteiger partial charge is 0.252 e. The first-order valence-electron chi connectivity index (χ1n) is 12.3. The molecule has 3 aromatic rings. The van der Waals surface area contributed by atoms with Gasteiger partial charge in [0.2, 0.25) is 5.95 Å². The number of nitrogens with one attached hydrogen (secondary N) is 2. The lowest BCUT2D eigenvalue weighted by Crippen LogP contribution is -2.51. The number of aromatic nitrogens is 4. The number of aliphatic hydroxyl groups is 3. The molecule has 0 saturated heterocycles. The summed E-state index contributed by atoms with van der Waals surface area (Å²) in [5, 5.41) is 39.2. The number of hydrogen-bond donors (Lipinski definition) is 5. The van der Waals surface area contributed by atoms with Gasteiger partial charge in [0.15, 0.2) is 5.72 Å². The van der Waals surface area contributed by atoms with E-state index in [0.717, 1.165) is 28.8 Å². The second-order valence-corrected chi connectivity index (χ2v) is 11.7. The highest BCUT2D eigenvalue weighted by Gasteiger charge is 2.78. The lowest BCUT2D eigenvalue weighted by atomic mass is 9.88. The number of fused-ring (bicyclic) bond motifs is 2. The van der Waals surface area contributed by atoms with Gasteiger partial charge in [-0.05, 0) is 38.7 Å². The van der Waals surface area contributed by atoms with Crippen molar-refractivity contribution in [1.82, 2.24) is 19.9 Å². The van der Waals surface area contributed by atoms with Crippen LogP contribution < -0.4 is 10.6 Å². The highest BCUT2D eigenvalue weighted by atomic mass is 32.1. The Morgan fingerprint density at radius 3 is 2.56 bits per heavy atom. The second kappa shape index (κ2) is 7.27. The molecule has 0 bridgehead atoms. The molecule has 36 heavy (non-hydrogen) atoms. The summed E-state index contributed by atoms with van der Waals surface area (Å²) in [5.41, 5.74) is -0.575. The van der Waals surface area contributed by atoms with E-state index in [0.29, 0.717) is 28.6 Å². The quantitative estimate of drug-likeness (QED) is 0.313. The van der Waals surface area contributed by atoms with Crippen LogP contribution in [0.15, 0.2) is 12.3 Å². The molecule has 4 aliphatic rings. The van der Waals surface area contributed by atoms with E-state index in [1.54, 1.807) is 13.1 Å². The zero-order chi connectivity index (χ0) is 25.0. The third-order valence-electron chi connectivity index (χ3n) is 8.12. The summed E-state index contributed by atoms with van der Waals surface area (Å²) in [7, 11) is 0. The van der Waals surface area contributed by atoms with Gasteiger partial charge in [-0.25, -0.2) is 18.7 Å². The van der Waals surface area contributed by atoms with Gasteiger partial charge in [0.1, 0.15) is 21.9 Å². The summed E-state index contributed by atoms with van der Waals surface area (Å²) in [4.78, 5) is 18.5. The summed E-state index contributed by atoms with van der Waals surface area (Å²) < 4.78 is 27.8. The van der Waals surface area contributed by atoms with Gasteiger partial charge in [0.05, 0.1) is 27.8 Å². The normalized spacial score (nSPS) is 32.8. The summed E-state index contributed by atoms with van der Waals surface area (Å²) >= 11 is 1.46. The molecule has 0 aromatic carbocycles. The van der Waals surface area contributed by atoms with Crippen LogP contribution in [0, 0.1) is 12.8 Å². The van der Waals surface area contributed by atoms with Gasteiger partial charge < -0.3 is 26.0 Å². The number of nitrogens with zero attached hydrogens (tertiary/aromatic N) is 4. The summed E-state index contributed by atoms with van der Waals surface area (Å²) in [6.07, 6.45) is 3.01. The molecule has 12 heteroatoms. The molecule has 7 rings (SSSR count). The first-order valence-corrected chi connectivity index (χ1v) is 13.1. The van der Waals surface area contributed by atoms with Gasteiger partial charge in [0, 0.05) is 36.9 Å². The Kier molecular flexibility index (Phi) is 4.57. The summed E-state index contributed by atoms with van der Waals surface area (Å²) in [5.74, 6) is -2.31. The van der Waals surface area contributed by atoms with Gasteiger partial charge in [-0.1, -0.05) is 0 Å². The number of aryl methyl sites for hydroxylation is 1. The van der Waals surface area contributed by atoms with Crippen LogP contribution in [0.3, 0.4) is 0 Å². The lowest BCUT2D eigenvalue weighted by Gasteiger charge is -2.36. The second-order valence-electron chi connectivity index (χ2n) is 10.7. The molecule has 4 unspecified atom stereocenters. The van der Waals surface area contributed by atoms with Crippen molar-refractivity contribution in [2.45, 2.75) is 80.8 Å². The molecule has 0 amide bonds. The van der Waals surface area contributed by atoms with Crippen molar-refractivity contribution in [3.63, 3.8) is 0 Å². The molecule has 4 fully saturated rings. The number of alkyl halides is 2. The number of aliphatic hydroxyl groups excluding tert-OH is 1. The molecule has 4 atom stereocenters. The predicted octanol–water partition coefficient (Wildman–Crippen LogP) is 3.16. The van der Waals surface area contributed by atoms with E-state index in [4.69, 9.17) is 4.98 Å². The van der Waals surface area contributed by atoms with Gasteiger partial charge in [-0.3, -0.25) is 4.98 Å². The maximum absolute atomic E-state index is 13.4. The monoisotopic (exact) mass is 516 g/mol. The molecule has 0 spiro atoms. The minimum Gasteiger partial charge on any atom is -0.390 e. The molecule has 3 heterocycles. The van der Waals surface area contributed by atoms with E-state index >= 15 is 0 Å². The van der Waals surface area contributed by atoms with Crippen LogP contribution in [0.2, 0.25) is 0 Å². The minimum atomic E-state index is -2.69. The Labute approximate surface area is 209 Å². The highest BCUT2D eigenvalue weighted by Crippen LogP contribution is 2.61. The van der Waals surface area contributed by atoms with Crippen molar-refractivity contribution in [1.29, 1.82) is 0 Å². The fourth-order valence-electron chi connectivity index (χ4n) is 5.84. The molecule has 190 valence electrons.